The van der Waals surface area contributed by atoms with Crippen LogP contribution >= 0.6 is 0 Å². The first-order valence-electron chi connectivity index (χ1n) is 4.20. The molecule has 0 radical (unpaired) electrons. The van der Waals surface area contributed by atoms with Gasteiger partial charge in [-0.2, -0.15) is 0 Å². The third-order valence-electron chi connectivity index (χ3n) is 2.04. The minimum Gasteiger partial charge on any atom is -0.459 e. The van der Waals surface area contributed by atoms with Gasteiger partial charge in [0, 0.05) is 5.39 Å². The van der Waals surface area contributed by atoms with Crippen LogP contribution < -0.4 is 5.73 Å². The monoisotopic (exact) mass is 197 g/mol. The molecule has 0 spiro atoms. The SMILES string of the molecule is NC(c1cc2ccccc2o1)C(F)F. The fraction of sp³-hybridized carbons (Fsp3) is 0.200. The van der Waals surface area contributed by atoms with Gasteiger partial charge in [-0.3, -0.25) is 0 Å². The van der Waals surface area contributed by atoms with Crippen molar-refractivity contribution in [3.63, 3.8) is 0 Å². The zero-order chi connectivity index (χ0) is 10.1. The Balaban J connectivity index is 2.45. The van der Waals surface area contributed by atoms with Crippen molar-refractivity contribution in [2.75, 3.05) is 0 Å². The molecule has 0 saturated heterocycles. The van der Waals surface area contributed by atoms with E-state index in [-0.39, 0.29) is 5.76 Å². The Morgan fingerprint density at radius 3 is 2.57 bits per heavy atom. The van der Waals surface area contributed by atoms with E-state index in [1.165, 1.54) is 0 Å². The fourth-order valence-electron chi connectivity index (χ4n) is 1.29. The number of halogens is 2. The van der Waals surface area contributed by atoms with E-state index in [2.05, 4.69) is 0 Å². The van der Waals surface area contributed by atoms with Gasteiger partial charge >= 0.3 is 0 Å². The Labute approximate surface area is 79.3 Å². The summed E-state index contributed by atoms with van der Waals surface area (Å²) in [6.45, 7) is 0. The van der Waals surface area contributed by atoms with Crippen molar-refractivity contribution in [3.05, 3.63) is 36.1 Å². The van der Waals surface area contributed by atoms with Crippen molar-refractivity contribution in [3.8, 4) is 0 Å². The van der Waals surface area contributed by atoms with E-state index in [0.29, 0.717) is 5.58 Å². The average Bonchev–Trinajstić information content (AvgIpc) is 2.59. The molecule has 1 heterocycles. The van der Waals surface area contributed by atoms with Gasteiger partial charge in [0.15, 0.2) is 0 Å². The lowest BCUT2D eigenvalue weighted by Crippen LogP contribution is -2.17. The number of para-hydroxylation sites is 1. The molecule has 1 atom stereocenters. The van der Waals surface area contributed by atoms with Crippen LogP contribution in [-0.4, -0.2) is 6.43 Å². The van der Waals surface area contributed by atoms with Crippen molar-refractivity contribution >= 4 is 11.0 Å². The number of hydrogen-bond acceptors (Lipinski definition) is 2. The average molecular weight is 197 g/mol. The van der Waals surface area contributed by atoms with E-state index in [0.717, 1.165) is 5.39 Å². The first kappa shape index (κ1) is 9.15. The van der Waals surface area contributed by atoms with Crippen molar-refractivity contribution in [2.24, 2.45) is 5.73 Å². The third-order valence-corrected chi connectivity index (χ3v) is 2.04. The molecule has 0 amide bonds. The lowest BCUT2D eigenvalue weighted by atomic mass is 10.2. The summed E-state index contributed by atoms with van der Waals surface area (Å²) >= 11 is 0. The molecule has 2 nitrogen and oxygen atoms in total. The Hall–Kier alpha value is -1.42. The highest BCUT2D eigenvalue weighted by molar-refractivity contribution is 5.77. The van der Waals surface area contributed by atoms with Crippen molar-refractivity contribution in [1.82, 2.24) is 0 Å². The summed E-state index contributed by atoms with van der Waals surface area (Å²) < 4.78 is 29.7. The fourth-order valence-corrected chi connectivity index (χ4v) is 1.29. The molecular formula is C10H9F2NO. The highest BCUT2D eigenvalue weighted by atomic mass is 19.3. The molecule has 2 aromatic rings. The van der Waals surface area contributed by atoms with Crippen LogP contribution in [0.1, 0.15) is 11.8 Å². The Kier molecular flexibility index (Phi) is 2.21. The predicted octanol–water partition coefficient (Wildman–Crippen LogP) is 2.70. The van der Waals surface area contributed by atoms with E-state index in [1.54, 1.807) is 24.3 Å². The van der Waals surface area contributed by atoms with Crippen LogP contribution in [0.4, 0.5) is 8.78 Å². The topological polar surface area (TPSA) is 39.2 Å². The quantitative estimate of drug-likeness (QED) is 0.803. The minimum atomic E-state index is -2.60. The van der Waals surface area contributed by atoms with E-state index in [9.17, 15) is 8.78 Å². The van der Waals surface area contributed by atoms with E-state index in [4.69, 9.17) is 10.2 Å². The maximum Gasteiger partial charge on any atom is 0.260 e. The normalized spacial score (nSPS) is 13.7. The van der Waals surface area contributed by atoms with E-state index >= 15 is 0 Å². The molecule has 0 aliphatic carbocycles. The Morgan fingerprint density at radius 2 is 1.93 bits per heavy atom. The molecule has 0 aliphatic heterocycles. The predicted molar refractivity (Wildman–Crippen MR) is 49.1 cm³/mol. The van der Waals surface area contributed by atoms with Gasteiger partial charge in [0.25, 0.3) is 6.43 Å². The van der Waals surface area contributed by atoms with Gasteiger partial charge in [-0.05, 0) is 12.1 Å². The number of rotatable bonds is 2. The van der Waals surface area contributed by atoms with Crippen LogP contribution in [0, 0.1) is 0 Å². The Bertz CT molecular complexity index is 405. The largest absolute Gasteiger partial charge is 0.459 e. The van der Waals surface area contributed by atoms with Crippen molar-refractivity contribution < 1.29 is 13.2 Å². The van der Waals surface area contributed by atoms with Gasteiger partial charge in [0.2, 0.25) is 0 Å². The number of nitrogens with two attached hydrogens (primary N) is 1. The van der Waals surface area contributed by atoms with Crippen molar-refractivity contribution in [1.29, 1.82) is 0 Å². The summed E-state index contributed by atoms with van der Waals surface area (Å²) in [5, 5.41) is 0.790. The van der Waals surface area contributed by atoms with E-state index in [1.807, 2.05) is 6.07 Å². The van der Waals surface area contributed by atoms with Crippen LogP contribution in [-0.2, 0) is 0 Å². The van der Waals surface area contributed by atoms with Gasteiger partial charge in [-0.15, -0.1) is 0 Å². The maximum absolute atomic E-state index is 12.3. The molecule has 1 aromatic carbocycles. The molecule has 1 unspecified atom stereocenters. The summed E-state index contributed by atoms with van der Waals surface area (Å²) in [7, 11) is 0. The Morgan fingerprint density at radius 1 is 1.21 bits per heavy atom. The number of fused-ring (bicyclic) bond motifs is 1. The van der Waals surface area contributed by atoms with Crippen LogP contribution in [0.2, 0.25) is 0 Å². The van der Waals surface area contributed by atoms with Gasteiger partial charge in [0.1, 0.15) is 17.4 Å². The molecule has 14 heavy (non-hydrogen) atoms. The smallest absolute Gasteiger partial charge is 0.260 e. The lowest BCUT2D eigenvalue weighted by molar-refractivity contribution is 0.107. The second-order valence-corrected chi connectivity index (χ2v) is 3.05. The maximum atomic E-state index is 12.3. The third kappa shape index (κ3) is 1.48. The number of furan rings is 1. The molecule has 2 rings (SSSR count). The highest BCUT2D eigenvalue weighted by Gasteiger charge is 2.21. The molecule has 0 saturated carbocycles. The highest BCUT2D eigenvalue weighted by Crippen LogP contribution is 2.25. The first-order valence-corrected chi connectivity index (χ1v) is 4.20. The summed E-state index contributed by atoms with van der Waals surface area (Å²) in [4.78, 5) is 0. The summed E-state index contributed by atoms with van der Waals surface area (Å²) in [6.07, 6.45) is -2.60. The molecule has 0 bridgehead atoms. The molecule has 4 heteroatoms. The second-order valence-electron chi connectivity index (χ2n) is 3.05. The first-order chi connectivity index (χ1) is 6.68. The summed E-state index contributed by atoms with van der Waals surface area (Å²) in [5.74, 6) is 0.126. The van der Waals surface area contributed by atoms with Crippen molar-refractivity contribution in [2.45, 2.75) is 12.5 Å². The number of alkyl halides is 2. The molecule has 1 aromatic heterocycles. The van der Waals surface area contributed by atoms with Gasteiger partial charge < -0.3 is 10.2 Å². The summed E-state index contributed by atoms with van der Waals surface area (Å²) in [6, 6.07) is 7.31. The molecule has 2 N–H and O–H groups in total. The number of hydrogen-bond donors (Lipinski definition) is 1. The van der Waals surface area contributed by atoms with Crippen LogP contribution in [0.3, 0.4) is 0 Å². The zero-order valence-corrected chi connectivity index (χ0v) is 7.28. The van der Waals surface area contributed by atoms with Crippen LogP contribution in [0.5, 0.6) is 0 Å². The molecule has 0 fully saturated rings. The standard InChI is InChI=1S/C10H9F2NO/c11-10(12)9(13)8-5-6-3-1-2-4-7(6)14-8/h1-5,9-10H,13H2. The summed E-state index contributed by atoms with van der Waals surface area (Å²) in [5.41, 5.74) is 5.84. The molecular weight excluding hydrogens is 188 g/mol. The molecule has 0 aliphatic rings. The second kappa shape index (κ2) is 3.38. The van der Waals surface area contributed by atoms with Gasteiger partial charge in [0.05, 0.1) is 0 Å². The van der Waals surface area contributed by atoms with Crippen LogP contribution in [0.15, 0.2) is 34.7 Å². The number of benzene rings is 1. The lowest BCUT2D eigenvalue weighted by Gasteiger charge is -2.05. The minimum absolute atomic E-state index is 0.126. The van der Waals surface area contributed by atoms with Crippen LogP contribution in [0.25, 0.3) is 11.0 Å². The zero-order valence-electron chi connectivity index (χ0n) is 7.28. The van der Waals surface area contributed by atoms with Gasteiger partial charge in [-0.25, -0.2) is 8.78 Å². The van der Waals surface area contributed by atoms with Gasteiger partial charge in [-0.1, -0.05) is 18.2 Å². The molecule has 74 valence electrons. The van der Waals surface area contributed by atoms with E-state index < -0.39 is 12.5 Å².